The molecule has 3 amide bonds. The van der Waals surface area contributed by atoms with Crippen LogP contribution >= 0.6 is 0 Å². The molecular formula is C24H26N4O3. The predicted octanol–water partition coefficient (Wildman–Crippen LogP) is 2.65. The summed E-state index contributed by atoms with van der Waals surface area (Å²) in [5, 5.41) is 3.02. The molecule has 2 aromatic rings. The Hall–Kier alpha value is -3.22. The second-order valence-electron chi connectivity index (χ2n) is 8.62. The van der Waals surface area contributed by atoms with E-state index in [-0.39, 0.29) is 24.3 Å². The normalized spacial score (nSPS) is 25.5. The molecule has 4 heterocycles. The molecule has 160 valence electrons. The Bertz CT molecular complexity index is 1020. The van der Waals surface area contributed by atoms with Crippen LogP contribution in [0.4, 0.5) is 5.69 Å². The topological polar surface area (TPSA) is 82.6 Å². The first kappa shape index (κ1) is 19.7. The number of benzene rings is 1. The third-order valence-electron chi connectivity index (χ3n) is 6.90. The van der Waals surface area contributed by atoms with Crippen LogP contribution in [0, 0.1) is 0 Å². The average molecular weight is 418 g/mol. The van der Waals surface area contributed by atoms with Crippen molar-refractivity contribution in [2.24, 2.45) is 0 Å². The first-order valence-electron chi connectivity index (χ1n) is 11.0. The highest BCUT2D eigenvalue weighted by Crippen LogP contribution is 2.54. The van der Waals surface area contributed by atoms with E-state index in [1.165, 1.54) is 0 Å². The zero-order valence-electron chi connectivity index (χ0n) is 17.4. The molecule has 2 saturated heterocycles. The molecule has 0 aliphatic carbocycles. The summed E-state index contributed by atoms with van der Waals surface area (Å²) in [4.78, 5) is 47.1. The van der Waals surface area contributed by atoms with Crippen LogP contribution in [0.1, 0.15) is 49.3 Å². The Morgan fingerprint density at radius 1 is 1.10 bits per heavy atom. The number of rotatable bonds is 3. The number of nitrogens with one attached hydrogen (secondary N) is 1. The van der Waals surface area contributed by atoms with Gasteiger partial charge in [0, 0.05) is 37.6 Å². The molecule has 1 aromatic heterocycles. The summed E-state index contributed by atoms with van der Waals surface area (Å²) in [7, 11) is 0. The van der Waals surface area contributed by atoms with Crippen LogP contribution in [0.2, 0.25) is 0 Å². The minimum Gasteiger partial charge on any atom is -0.333 e. The number of carbonyl (C=O) groups excluding carboxylic acids is 3. The molecule has 0 bridgehead atoms. The molecule has 1 N–H and O–H groups in total. The minimum atomic E-state index is -0.849. The van der Waals surface area contributed by atoms with E-state index in [0.29, 0.717) is 25.9 Å². The van der Waals surface area contributed by atoms with Crippen LogP contribution in [-0.2, 0) is 19.8 Å². The summed E-state index contributed by atoms with van der Waals surface area (Å²) in [6.07, 6.45) is 7.28. The van der Waals surface area contributed by atoms with Gasteiger partial charge in [0.1, 0.15) is 5.41 Å². The van der Waals surface area contributed by atoms with Crippen molar-refractivity contribution in [2.45, 2.75) is 43.6 Å². The van der Waals surface area contributed by atoms with Gasteiger partial charge in [0.15, 0.2) is 0 Å². The predicted molar refractivity (Wildman–Crippen MR) is 115 cm³/mol. The molecule has 0 saturated carbocycles. The van der Waals surface area contributed by atoms with Gasteiger partial charge in [-0.3, -0.25) is 19.4 Å². The van der Waals surface area contributed by atoms with Gasteiger partial charge in [-0.1, -0.05) is 30.7 Å². The van der Waals surface area contributed by atoms with Gasteiger partial charge >= 0.3 is 0 Å². The fourth-order valence-electron chi connectivity index (χ4n) is 5.42. The molecule has 2 atom stereocenters. The monoisotopic (exact) mass is 418 g/mol. The Morgan fingerprint density at radius 2 is 1.97 bits per heavy atom. The van der Waals surface area contributed by atoms with Crippen molar-refractivity contribution in [1.82, 2.24) is 14.8 Å². The smallest absolute Gasteiger partial charge is 0.242 e. The Labute approximate surface area is 181 Å². The number of likely N-dealkylation sites (tertiary alicyclic amines) is 2. The molecule has 1 spiro atoms. The minimum absolute atomic E-state index is 0.0432. The largest absolute Gasteiger partial charge is 0.333 e. The highest BCUT2D eigenvalue weighted by Gasteiger charge is 2.59. The number of nitrogens with zero attached hydrogens (tertiary/aromatic N) is 3. The molecule has 7 nitrogen and oxygen atoms in total. The standard InChI is InChI=1S/C24H26N4O3/c29-20-10-2-1-5-13-27(20)16-21(30)28-14-11-24(22(28)17-7-6-12-25-15-17)18-8-3-4-9-19(18)26-23(24)31/h3-4,6-9,12,15,22H,1-2,5,10-11,13-14,16H2,(H,26,31). The molecule has 2 fully saturated rings. The maximum absolute atomic E-state index is 13.5. The maximum Gasteiger partial charge on any atom is 0.242 e. The van der Waals surface area contributed by atoms with E-state index < -0.39 is 11.5 Å². The Balaban J connectivity index is 1.52. The summed E-state index contributed by atoms with van der Waals surface area (Å²) in [6.45, 7) is 1.14. The number of fused-ring (bicyclic) bond motifs is 2. The highest BCUT2D eigenvalue weighted by atomic mass is 16.2. The van der Waals surface area contributed by atoms with Crippen LogP contribution in [0.5, 0.6) is 0 Å². The third kappa shape index (κ3) is 3.19. The zero-order valence-corrected chi connectivity index (χ0v) is 17.4. The maximum atomic E-state index is 13.5. The van der Waals surface area contributed by atoms with E-state index in [1.807, 2.05) is 36.4 Å². The number of carbonyl (C=O) groups is 3. The molecule has 3 aliphatic heterocycles. The van der Waals surface area contributed by atoms with E-state index >= 15 is 0 Å². The zero-order chi connectivity index (χ0) is 21.4. The fraction of sp³-hybridized carbons (Fsp3) is 0.417. The highest BCUT2D eigenvalue weighted by molar-refractivity contribution is 6.07. The number of para-hydroxylation sites is 1. The molecule has 3 aliphatic rings. The SMILES string of the molecule is O=C1CCCCCN1CC(=O)N1CCC2(C(=O)Nc3ccccc32)C1c1cccnc1. The molecule has 31 heavy (non-hydrogen) atoms. The number of amides is 3. The summed E-state index contributed by atoms with van der Waals surface area (Å²) < 4.78 is 0. The van der Waals surface area contributed by atoms with E-state index in [1.54, 1.807) is 22.2 Å². The molecule has 7 heteroatoms. The van der Waals surface area contributed by atoms with Crippen LogP contribution in [-0.4, -0.2) is 52.1 Å². The van der Waals surface area contributed by atoms with Crippen molar-refractivity contribution < 1.29 is 14.4 Å². The van der Waals surface area contributed by atoms with Crippen LogP contribution in [0.15, 0.2) is 48.8 Å². The van der Waals surface area contributed by atoms with Gasteiger partial charge < -0.3 is 15.1 Å². The van der Waals surface area contributed by atoms with E-state index in [9.17, 15) is 14.4 Å². The van der Waals surface area contributed by atoms with E-state index in [2.05, 4.69) is 10.3 Å². The van der Waals surface area contributed by atoms with Crippen molar-refractivity contribution in [3.05, 3.63) is 59.9 Å². The van der Waals surface area contributed by atoms with Gasteiger partial charge in [-0.05, 0) is 42.5 Å². The lowest BCUT2D eigenvalue weighted by molar-refractivity contribution is -0.141. The van der Waals surface area contributed by atoms with Crippen molar-refractivity contribution in [1.29, 1.82) is 0 Å². The summed E-state index contributed by atoms with van der Waals surface area (Å²) in [5.41, 5.74) is 1.72. The van der Waals surface area contributed by atoms with Crippen molar-refractivity contribution >= 4 is 23.4 Å². The van der Waals surface area contributed by atoms with Gasteiger partial charge in [-0.2, -0.15) is 0 Å². The van der Waals surface area contributed by atoms with Gasteiger partial charge in [0.2, 0.25) is 17.7 Å². The first-order valence-corrected chi connectivity index (χ1v) is 11.0. The molecule has 5 rings (SSSR count). The average Bonchev–Trinajstić information content (AvgIpc) is 3.25. The van der Waals surface area contributed by atoms with Gasteiger partial charge in [0.05, 0.1) is 12.6 Å². The molecular weight excluding hydrogens is 392 g/mol. The molecule has 0 radical (unpaired) electrons. The van der Waals surface area contributed by atoms with Crippen LogP contribution in [0.25, 0.3) is 0 Å². The van der Waals surface area contributed by atoms with Crippen molar-refractivity contribution in [3.8, 4) is 0 Å². The molecule has 2 unspecified atom stereocenters. The number of hydrogen-bond acceptors (Lipinski definition) is 4. The number of aromatic nitrogens is 1. The van der Waals surface area contributed by atoms with Crippen LogP contribution < -0.4 is 5.32 Å². The van der Waals surface area contributed by atoms with Crippen LogP contribution in [0.3, 0.4) is 0 Å². The van der Waals surface area contributed by atoms with Crippen molar-refractivity contribution in [2.75, 3.05) is 25.0 Å². The Morgan fingerprint density at radius 3 is 2.81 bits per heavy atom. The molecule has 1 aromatic carbocycles. The summed E-state index contributed by atoms with van der Waals surface area (Å²) >= 11 is 0. The summed E-state index contributed by atoms with van der Waals surface area (Å²) in [5.74, 6) is -0.150. The fourth-order valence-corrected chi connectivity index (χ4v) is 5.42. The third-order valence-corrected chi connectivity index (χ3v) is 6.90. The quantitative estimate of drug-likeness (QED) is 0.831. The first-order chi connectivity index (χ1) is 15.1. The summed E-state index contributed by atoms with van der Waals surface area (Å²) in [6, 6.07) is 11.0. The van der Waals surface area contributed by atoms with Gasteiger partial charge in [0.25, 0.3) is 0 Å². The van der Waals surface area contributed by atoms with Crippen molar-refractivity contribution in [3.63, 3.8) is 0 Å². The van der Waals surface area contributed by atoms with Gasteiger partial charge in [-0.25, -0.2) is 0 Å². The van der Waals surface area contributed by atoms with E-state index in [0.717, 1.165) is 36.1 Å². The lowest BCUT2D eigenvalue weighted by atomic mass is 9.73. The number of anilines is 1. The second-order valence-corrected chi connectivity index (χ2v) is 8.62. The number of pyridine rings is 1. The van der Waals surface area contributed by atoms with Gasteiger partial charge in [-0.15, -0.1) is 0 Å². The lowest BCUT2D eigenvalue weighted by Gasteiger charge is -2.35. The number of hydrogen-bond donors (Lipinski definition) is 1. The second kappa shape index (κ2) is 7.80. The Kier molecular flexibility index (Phi) is 4.96. The lowest BCUT2D eigenvalue weighted by Crippen LogP contribution is -2.46. The van der Waals surface area contributed by atoms with E-state index in [4.69, 9.17) is 0 Å².